The van der Waals surface area contributed by atoms with Gasteiger partial charge in [0.05, 0.1) is 6.04 Å². The zero-order valence-electron chi connectivity index (χ0n) is 12.5. The van der Waals surface area contributed by atoms with Crippen molar-refractivity contribution in [3.63, 3.8) is 0 Å². The molecule has 2 rings (SSSR count). The van der Waals surface area contributed by atoms with Crippen LogP contribution in [0.1, 0.15) is 51.6 Å². The SMILES string of the molecule is CC(C)(C)N1CCCCC(N)C1c1cc(F)ccc1Br. The van der Waals surface area contributed by atoms with Crippen LogP contribution in [0.25, 0.3) is 0 Å². The Morgan fingerprint density at radius 2 is 2.00 bits per heavy atom. The molecule has 2 unspecified atom stereocenters. The Kier molecular flexibility index (Phi) is 4.88. The van der Waals surface area contributed by atoms with Crippen molar-refractivity contribution < 1.29 is 4.39 Å². The third-order valence-electron chi connectivity index (χ3n) is 4.07. The van der Waals surface area contributed by atoms with E-state index in [1.807, 2.05) is 0 Å². The van der Waals surface area contributed by atoms with Crippen LogP contribution >= 0.6 is 15.9 Å². The van der Waals surface area contributed by atoms with E-state index in [1.165, 1.54) is 6.07 Å². The summed E-state index contributed by atoms with van der Waals surface area (Å²) in [7, 11) is 0. The van der Waals surface area contributed by atoms with Gasteiger partial charge in [-0.05, 0) is 63.9 Å². The van der Waals surface area contributed by atoms with Crippen molar-refractivity contribution in [2.45, 2.75) is 57.7 Å². The minimum absolute atomic E-state index is 0.0123. The van der Waals surface area contributed by atoms with Gasteiger partial charge in [0.1, 0.15) is 5.82 Å². The summed E-state index contributed by atoms with van der Waals surface area (Å²) < 4.78 is 14.6. The van der Waals surface area contributed by atoms with Gasteiger partial charge in [-0.1, -0.05) is 22.4 Å². The minimum Gasteiger partial charge on any atom is -0.326 e. The van der Waals surface area contributed by atoms with Gasteiger partial charge >= 0.3 is 0 Å². The van der Waals surface area contributed by atoms with Crippen molar-refractivity contribution in [2.75, 3.05) is 6.54 Å². The largest absolute Gasteiger partial charge is 0.326 e. The van der Waals surface area contributed by atoms with Crippen LogP contribution < -0.4 is 5.73 Å². The smallest absolute Gasteiger partial charge is 0.123 e. The average molecular weight is 343 g/mol. The van der Waals surface area contributed by atoms with Crippen LogP contribution in [-0.2, 0) is 0 Å². The zero-order valence-corrected chi connectivity index (χ0v) is 14.1. The number of halogens is 2. The normalized spacial score (nSPS) is 25.5. The molecule has 1 aliphatic rings. The Morgan fingerprint density at radius 1 is 1.30 bits per heavy atom. The summed E-state index contributed by atoms with van der Waals surface area (Å²) in [6, 6.07) is 4.98. The maximum Gasteiger partial charge on any atom is 0.123 e. The van der Waals surface area contributed by atoms with E-state index in [-0.39, 0.29) is 23.4 Å². The van der Waals surface area contributed by atoms with Gasteiger partial charge < -0.3 is 5.73 Å². The van der Waals surface area contributed by atoms with Crippen molar-refractivity contribution in [1.29, 1.82) is 0 Å². The summed E-state index contributed by atoms with van der Waals surface area (Å²) in [4.78, 5) is 2.42. The van der Waals surface area contributed by atoms with Gasteiger partial charge in [0, 0.05) is 16.1 Å². The van der Waals surface area contributed by atoms with Gasteiger partial charge in [-0.3, -0.25) is 4.90 Å². The monoisotopic (exact) mass is 342 g/mol. The highest BCUT2D eigenvalue weighted by molar-refractivity contribution is 9.10. The fraction of sp³-hybridized carbons (Fsp3) is 0.625. The van der Waals surface area contributed by atoms with Gasteiger partial charge in [-0.2, -0.15) is 0 Å². The van der Waals surface area contributed by atoms with E-state index in [2.05, 4.69) is 41.6 Å². The molecule has 1 heterocycles. The minimum atomic E-state index is -0.200. The number of rotatable bonds is 1. The van der Waals surface area contributed by atoms with E-state index in [0.29, 0.717) is 0 Å². The first-order valence-corrected chi connectivity index (χ1v) is 8.07. The van der Waals surface area contributed by atoms with Crippen molar-refractivity contribution in [2.24, 2.45) is 5.73 Å². The molecule has 2 N–H and O–H groups in total. The second-order valence-electron chi connectivity index (χ2n) is 6.63. The highest BCUT2D eigenvalue weighted by atomic mass is 79.9. The van der Waals surface area contributed by atoms with Gasteiger partial charge in [-0.15, -0.1) is 0 Å². The molecule has 0 amide bonds. The number of benzene rings is 1. The molecule has 1 saturated heterocycles. The van der Waals surface area contributed by atoms with Crippen LogP contribution in [0.2, 0.25) is 0 Å². The van der Waals surface area contributed by atoms with Crippen molar-refractivity contribution in [1.82, 2.24) is 4.90 Å². The van der Waals surface area contributed by atoms with Gasteiger partial charge in [-0.25, -0.2) is 4.39 Å². The predicted molar refractivity (Wildman–Crippen MR) is 85.1 cm³/mol. The maximum atomic E-state index is 13.7. The van der Waals surface area contributed by atoms with E-state index >= 15 is 0 Å². The molecule has 2 atom stereocenters. The number of hydrogen-bond donors (Lipinski definition) is 1. The molecule has 20 heavy (non-hydrogen) atoms. The summed E-state index contributed by atoms with van der Waals surface area (Å²) >= 11 is 3.56. The second kappa shape index (κ2) is 6.12. The standard InChI is InChI=1S/C16H24BrFN2/c1-16(2,3)20-9-5-4-6-14(19)15(20)12-10-11(18)7-8-13(12)17/h7-8,10,14-15H,4-6,9,19H2,1-3H3. The fourth-order valence-corrected chi connectivity index (χ4v) is 3.56. The number of likely N-dealkylation sites (tertiary alicyclic amines) is 1. The lowest BCUT2D eigenvalue weighted by Crippen LogP contribution is -2.49. The molecule has 1 aliphatic heterocycles. The molecule has 2 nitrogen and oxygen atoms in total. The van der Waals surface area contributed by atoms with Crippen LogP contribution in [-0.4, -0.2) is 23.0 Å². The zero-order chi connectivity index (χ0) is 14.9. The summed E-state index contributed by atoms with van der Waals surface area (Å²) in [5, 5.41) is 0. The lowest BCUT2D eigenvalue weighted by molar-refractivity contribution is 0.0750. The maximum absolute atomic E-state index is 13.7. The third kappa shape index (κ3) is 3.41. The third-order valence-corrected chi connectivity index (χ3v) is 4.79. The summed E-state index contributed by atoms with van der Waals surface area (Å²) in [6.45, 7) is 7.60. The topological polar surface area (TPSA) is 29.3 Å². The molecule has 112 valence electrons. The van der Waals surface area contributed by atoms with Crippen molar-refractivity contribution in [3.05, 3.63) is 34.1 Å². The summed E-state index contributed by atoms with van der Waals surface area (Å²) in [5.41, 5.74) is 7.41. The average Bonchev–Trinajstić information content (AvgIpc) is 2.54. The lowest BCUT2D eigenvalue weighted by atomic mass is 9.92. The van der Waals surface area contributed by atoms with Crippen LogP contribution in [0.5, 0.6) is 0 Å². The van der Waals surface area contributed by atoms with Crippen LogP contribution in [0.15, 0.2) is 22.7 Å². The first kappa shape index (κ1) is 15.9. The van der Waals surface area contributed by atoms with Crippen LogP contribution in [0.3, 0.4) is 0 Å². The van der Waals surface area contributed by atoms with E-state index in [9.17, 15) is 4.39 Å². The number of hydrogen-bond acceptors (Lipinski definition) is 2. The molecule has 1 aromatic rings. The molecular weight excluding hydrogens is 319 g/mol. The molecule has 0 radical (unpaired) electrons. The highest BCUT2D eigenvalue weighted by Crippen LogP contribution is 2.38. The molecule has 1 aromatic carbocycles. The molecule has 1 fully saturated rings. The fourth-order valence-electron chi connectivity index (χ4n) is 3.08. The molecule has 0 saturated carbocycles. The molecular formula is C16H24BrFN2. The van der Waals surface area contributed by atoms with Crippen LogP contribution in [0.4, 0.5) is 4.39 Å². The Morgan fingerprint density at radius 3 is 2.65 bits per heavy atom. The van der Waals surface area contributed by atoms with E-state index in [1.54, 1.807) is 12.1 Å². The number of nitrogens with zero attached hydrogens (tertiary/aromatic N) is 1. The Bertz CT molecular complexity index is 470. The van der Waals surface area contributed by atoms with Gasteiger partial charge in [0.15, 0.2) is 0 Å². The lowest BCUT2D eigenvalue weighted by Gasteiger charge is -2.43. The van der Waals surface area contributed by atoms with E-state index in [0.717, 1.165) is 35.8 Å². The Balaban J connectivity index is 2.48. The first-order valence-electron chi connectivity index (χ1n) is 7.28. The second-order valence-corrected chi connectivity index (χ2v) is 7.49. The van der Waals surface area contributed by atoms with Crippen molar-refractivity contribution >= 4 is 15.9 Å². The first-order chi connectivity index (χ1) is 9.30. The summed E-state index contributed by atoms with van der Waals surface area (Å²) in [6.07, 6.45) is 3.27. The molecule has 0 bridgehead atoms. The Hall–Kier alpha value is -0.450. The molecule has 4 heteroatoms. The molecule has 0 spiro atoms. The van der Waals surface area contributed by atoms with E-state index < -0.39 is 0 Å². The Labute approximate surface area is 129 Å². The number of nitrogens with two attached hydrogens (primary N) is 1. The van der Waals surface area contributed by atoms with Crippen LogP contribution in [0, 0.1) is 5.82 Å². The van der Waals surface area contributed by atoms with Gasteiger partial charge in [0.25, 0.3) is 0 Å². The highest BCUT2D eigenvalue weighted by Gasteiger charge is 2.36. The molecule has 0 aliphatic carbocycles. The van der Waals surface area contributed by atoms with Gasteiger partial charge in [0.2, 0.25) is 0 Å². The summed E-state index contributed by atoms with van der Waals surface area (Å²) in [5.74, 6) is -0.200. The molecule has 0 aromatic heterocycles. The van der Waals surface area contributed by atoms with Crippen molar-refractivity contribution in [3.8, 4) is 0 Å². The van der Waals surface area contributed by atoms with E-state index in [4.69, 9.17) is 5.73 Å². The predicted octanol–water partition coefficient (Wildman–Crippen LogP) is 4.24. The quantitative estimate of drug-likeness (QED) is 0.826.